The van der Waals surface area contributed by atoms with Gasteiger partial charge in [-0.15, -0.1) is 0 Å². The van der Waals surface area contributed by atoms with Crippen LogP contribution in [0.15, 0.2) is 170 Å². The number of hydrogen-bond donors (Lipinski definition) is 0. The summed E-state index contributed by atoms with van der Waals surface area (Å²) in [7, 11) is 0. The first-order chi connectivity index (χ1) is 30.3. The summed E-state index contributed by atoms with van der Waals surface area (Å²) in [5.41, 5.74) is 1.79. The summed E-state index contributed by atoms with van der Waals surface area (Å²) < 4.78 is 112. The Morgan fingerprint density at radius 3 is 1.29 bits per heavy atom. The summed E-state index contributed by atoms with van der Waals surface area (Å²) in [6, 6.07) is 23.4. The van der Waals surface area contributed by atoms with Gasteiger partial charge in [-0.2, -0.15) is 15.0 Å². The second kappa shape index (κ2) is 10.7. The van der Waals surface area contributed by atoms with Crippen molar-refractivity contribution < 1.29 is 16.4 Å². The number of aromatic nitrogens is 6. The molecule has 0 unspecified atom stereocenters. The zero-order chi connectivity index (χ0) is 43.9. The van der Waals surface area contributed by atoms with Gasteiger partial charge in [0.15, 0.2) is 5.82 Å². The van der Waals surface area contributed by atoms with Crippen LogP contribution in [0, 0.1) is 0 Å². The number of hydrogen-bond acceptors (Lipinski definition) is 3. The maximum Gasteiger partial charge on any atom is 0.240 e. The summed E-state index contributed by atoms with van der Waals surface area (Å²) in [5.74, 6) is -0.366. The molecule has 6 nitrogen and oxygen atoms in total. The molecule has 0 saturated heterocycles. The van der Waals surface area contributed by atoms with Gasteiger partial charge in [-0.1, -0.05) is 121 Å². The highest BCUT2D eigenvalue weighted by Crippen LogP contribution is 2.37. The molecule has 0 atom stereocenters. The van der Waals surface area contributed by atoms with Crippen LogP contribution < -0.4 is 0 Å². The van der Waals surface area contributed by atoms with Crippen LogP contribution in [0.1, 0.15) is 16.4 Å². The van der Waals surface area contributed by atoms with Crippen LogP contribution in [-0.4, -0.2) is 28.7 Å². The predicted molar refractivity (Wildman–Crippen MR) is 208 cm³/mol. The van der Waals surface area contributed by atoms with Gasteiger partial charge in [0.05, 0.1) is 55.2 Å². The Bertz CT molecular complexity index is 3800. The average molecular weight is 665 g/mol. The maximum absolute atomic E-state index is 9.56. The first kappa shape index (κ1) is 18.6. The molecule has 0 bridgehead atoms. The van der Waals surface area contributed by atoms with Crippen molar-refractivity contribution in [1.82, 2.24) is 28.7 Å². The number of fused-ring (bicyclic) bond motifs is 9. The van der Waals surface area contributed by atoms with Crippen LogP contribution in [-0.2, 0) is 0 Å². The molecule has 0 aliphatic carbocycles. The van der Waals surface area contributed by atoms with E-state index >= 15 is 0 Å². The highest BCUT2D eigenvalue weighted by Gasteiger charge is 2.22. The first-order valence-electron chi connectivity index (χ1n) is 22.2. The van der Waals surface area contributed by atoms with Gasteiger partial charge in [0.2, 0.25) is 11.9 Å². The van der Waals surface area contributed by atoms with Gasteiger partial charge in [0.25, 0.3) is 0 Å². The monoisotopic (exact) mass is 664 g/mol. The topological polar surface area (TPSA) is 53.5 Å². The summed E-state index contributed by atoms with van der Waals surface area (Å²) in [6.45, 7) is 0. The zero-order valence-electron chi connectivity index (χ0n) is 38.4. The number of nitrogens with zero attached hydrogens (tertiary/aromatic N) is 6. The fourth-order valence-electron chi connectivity index (χ4n) is 7.22. The van der Waals surface area contributed by atoms with Crippen molar-refractivity contribution in [2.45, 2.75) is 0 Å². The first-order valence-corrected chi connectivity index (χ1v) is 16.2. The minimum absolute atomic E-state index is 0.0154. The largest absolute Gasteiger partial charge is 0.309 e. The van der Waals surface area contributed by atoms with Crippen molar-refractivity contribution in [2.75, 3.05) is 0 Å². The molecular weight excluding hydrogens is 625 g/mol. The highest BCUT2D eigenvalue weighted by molar-refractivity contribution is 6.11. The molecule has 4 aromatic heterocycles. The molecule has 11 aromatic rings. The van der Waals surface area contributed by atoms with Gasteiger partial charge in [-0.3, -0.25) is 9.13 Å². The Hall–Kier alpha value is -7.05. The van der Waals surface area contributed by atoms with Crippen LogP contribution in [0.4, 0.5) is 0 Å². The molecule has 0 spiro atoms. The van der Waals surface area contributed by atoms with Crippen LogP contribution >= 0.6 is 0 Å². The van der Waals surface area contributed by atoms with Gasteiger partial charge >= 0.3 is 0 Å². The van der Waals surface area contributed by atoms with E-state index in [0.29, 0.717) is 32.8 Å². The van der Waals surface area contributed by atoms with Crippen molar-refractivity contribution in [1.29, 1.82) is 0 Å². The molecule has 238 valence electrons. The van der Waals surface area contributed by atoms with E-state index in [-0.39, 0.29) is 68.9 Å². The number of rotatable bonds is 4. The normalized spacial score (nSPS) is 15.2. The molecule has 0 aliphatic heterocycles. The summed E-state index contributed by atoms with van der Waals surface area (Å²) in [4.78, 5) is 15.1. The highest BCUT2D eigenvalue weighted by atomic mass is 15.3. The fraction of sp³-hybridized carbons (Fsp3) is 0. The predicted octanol–water partition coefficient (Wildman–Crippen LogP) is 10.8. The van der Waals surface area contributed by atoms with Gasteiger partial charge in [0, 0.05) is 37.9 Å². The van der Waals surface area contributed by atoms with E-state index in [1.54, 1.807) is 53.1 Å². The third-order valence-corrected chi connectivity index (χ3v) is 9.32. The van der Waals surface area contributed by atoms with E-state index in [0.717, 1.165) is 10.8 Å². The molecule has 0 radical (unpaired) electrons. The van der Waals surface area contributed by atoms with E-state index in [1.807, 2.05) is 48.5 Å². The third kappa shape index (κ3) is 4.01. The van der Waals surface area contributed by atoms with Crippen molar-refractivity contribution in [2.24, 2.45) is 0 Å². The maximum atomic E-state index is 9.56. The molecular formula is C45H28N6. The molecule has 0 aliphatic rings. The van der Waals surface area contributed by atoms with E-state index in [9.17, 15) is 4.11 Å². The van der Waals surface area contributed by atoms with Gasteiger partial charge < -0.3 is 4.57 Å². The Morgan fingerprint density at radius 2 is 0.745 bits per heavy atom. The van der Waals surface area contributed by atoms with Gasteiger partial charge in [0.1, 0.15) is 0 Å². The van der Waals surface area contributed by atoms with Gasteiger partial charge in [-0.05, 0) is 48.4 Å². The summed E-state index contributed by atoms with van der Waals surface area (Å²) in [6.07, 6.45) is 0. The molecule has 0 saturated carbocycles. The molecule has 6 heteroatoms. The van der Waals surface area contributed by atoms with E-state index < -0.39 is 54.4 Å². The van der Waals surface area contributed by atoms with Crippen molar-refractivity contribution in [3.05, 3.63) is 170 Å². The van der Waals surface area contributed by atoms with E-state index in [4.69, 9.17) is 27.3 Å². The average Bonchev–Trinajstić information content (AvgIpc) is 3.95. The van der Waals surface area contributed by atoms with Crippen LogP contribution in [0.25, 0.3) is 94.4 Å². The van der Waals surface area contributed by atoms with Crippen molar-refractivity contribution >= 4 is 65.4 Å². The molecule has 0 fully saturated rings. The standard InChI is InChI=1S/C45H28N6/c1-8-22-36-29(15-1)30-16-2-9-23-37(30)49(36)42-28-14-7-21-35(42)43-46-44(50-38-24-10-3-17-31(38)32-18-4-11-25-39(32)50)48-45(47-43)51-40-26-12-5-19-33(40)34-20-6-13-27-41(34)51/h1-28H/i1D,3D,7D,8D,10D,14D,15D,17D,21D,22D,24D,28D. The van der Waals surface area contributed by atoms with E-state index in [1.165, 1.54) is 9.13 Å². The van der Waals surface area contributed by atoms with E-state index in [2.05, 4.69) is 0 Å². The molecule has 4 heterocycles. The second-order valence-electron chi connectivity index (χ2n) is 12.0. The Balaban J connectivity index is 1.36. The number of para-hydroxylation sites is 7. The quantitative estimate of drug-likeness (QED) is 0.188. The Kier molecular flexibility index (Phi) is 3.92. The zero-order valence-corrected chi connectivity index (χ0v) is 26.4. The minimum atomic E-state index is -0.618. The molecule has 51 heavy (non-hydrogen) atoms. The SMILES string of the molecule is [2H]c1c([2H])c([2H])c(-n2c3ccccc3c3c([2H])c([2H])c([2H])c([2H])c32)c(-c2nc(-n3c4ccccc4c4ccccc43)nc(-n3c4ccccc4c4c([2H])c([2H])c([2H])c([2H])c43)n2)c1[2H]. The molecule has 0 N–H and O–H groups in total. The smallest absolute Gasteiger partial charge is 0.240 e. The van der Waals surface area contributed by atoms with Crippen LogP contribution in [0.3, 0.4) is 0 Å². The third-order valence-electron chi connectivity index (χ3n) is 9.32. The van der Waals surface area contributed by atoms with Crippen LogP contribution in [0.5, 0.6) is 0 Å². The van der Waals surface area contributed by atoms with Crippen LogP contribution in [0.2, 0.25) is 0 Å². The molecule has 0 amide bonds. The summed E-state index contributed by atoms with van der Waals surface area (Å²) in [5, 5.41) is 3.00. The Labute approximate surface area is 309 Å². The minimum Gasteiger partial charge on any atom is -0.309 e. The molecule has 11 rings (SSSR count). The lowest BCUT2D eigenvalue weighted by Gasteiger charge is -2.16. The van der Waals surface area contributed by atoms with Crippen molar-refractivity contribution in [3.8, 4) is 29.0 Å². The summed E-state index contributed by atoms with van der Waals surface area (Å²) >= 11 is 0. The lowest BCUT2D eigenvalue weighted by Crippen LogP contribution is -2.11. The second-order valence-corrected chi connectivity index (χ2v) is 12.0. The lowest BCUT2D eigenvalue weighted by atomic mass is 10.1. The Morgan fingerprint density at radius 1 is 0.353 bits per heavy atom. The van der Waals surface area contributed by atoms with Crippen molar-refractivity contribution in [3.63, 3.8) is 0 Å². The fourth-order valence-corrected chi connectivity index (χ4v) is 7.22. The molecule has 7 aromatic carbocycles. The number of benzene rings is 7. The lowest BCUT2D eigenvalue weighted by molar-refractivity contribution is 0.892. The van der Waals surface area contributed by atoms with Gasteiger partial charge in [-0.25, -0.2) is 0 Å².